The van der Waals surface area contributed by atoms with Crippen LogP contribution in [-0.2, 0) is 9.59 Å². The molecule has 7 nitrogen and oxygen atoms in total. The lowest BCUT2D eigenvalue weighted by molar-refractivity contribution is -0.120. The topological polar surface area (TPSA) is 141 Å². The second-order valence-corrected chi connectivity index (χ2v) is 4.06. The molecule has 0 spiro atoms. The van der Waals surface area contributed by atoms with Crippen molar-refractivity contribution in [3.05, 3.63) is 29.8 Å². The van der Waals surface area contributed by atoms with Crippen molar-refractivity contribution in [2.75, 3.05) is 5.73 Å². The Hall–Kier alpha value is -2.57. The molecule has 7 heteroatoms. The second-order valence-electron chi connectivity index (χ2n) is 4.06. The average Bonchev–Trinajstić information content (AvgIpc) is 2.33. The van der Waals surface area contributed by atoms with Crippen molar-refractivity contribution in [3.8, 4) is 0 Å². The molecule has 1 atom stereocenters. The highest BCUT2D eigenvalue weighted by Crippen LogP contribution is 2.07. The Kier molecular flexibility index (Phi) is 4.87. The first-order valence-corrected chi connectivity index (χ1v) is 5.64. The molecule has 0 saturated heterocycles. The number of primary amides is 2. The van der Waals surface area contributed by atoms with Crippen molar-refractivity contribution < 1.29 is 14.4 Å². The largest absolute Gasteiger partial charge is 0.399 e. The van der Waals surface area contributed by atoms with Gasteiger partial charge >= 0.3 is 0 Å². The molecule has 3 amide bonds. The van der Waals surface area contributed by atoms with Crippen LogP contribution >= 0.6 is 0 Å². The van der Waals surface area contributed by atoms with Crippen molar-refractivity contribution >= 4 is 23.4 Å². The number of nitrogen functional groups attached to an aromatic ring is 1. The van der Waals surface area contributed by atoms with E-state index in [0.29, 0.717) is 11.3 Å². The molecule has 102 valence electrons. The number of amides is 3. The van der Waals surface area contributed by atoms with Gasteiger partial charge in [0.1, 0.15) is 6.04 Å². The molecule has 0 aliphatic carbocycles. The van der Waals surface area contributed by atoms with Gasteiger partial charge in [-0.25, -0.2) is 0 Å². The minimum Gasteiger partial charge on any atom is -0.399 e. The van der Waals surface area contributed by atoms with Gasteiger partial charge in [0.25, 0.3) is 5.91 Å². The van der Waals surface area contributed by atoms with Gasteiger partial charge in [-0.05, 0) is 24.6 Å². The lowest BCUT2D eigenvalue weighted by Crippen LogP contribution is -2.44. The number of nitrogens with one attached hydrogen (secondary N) is 1. The van der Waals surface area contributed by atoms with Crippen molar-refractivity contribution in [3.63, 3.8) is 0 Å². The molecular formula is C12H16N4O3. The van der Waals surface area contributed by atoms with E-state index in [2.05, 4.69) is 5.32 Å². The summed E-state index contributed by atoms with van der Waals surface area (Å²) in [5, 5.41) is 2.44. The summed E-state index contributed by atoms with van der Waals surface area (Å²) in [6.07, 6.45) is 0.0313. The minimum atomic E-state index is -0.943. The maximum atomic E-state index is 11.9. The summed E-state index contributed by atoms with van der Waals surface area (Å²) >= 11 is 0. The fourth-order valence-electron chi connectivity index (χ4n) is 1.49. The van der Waals surface area contributed by atoms with Crippen LogP contribution in [0.5, 0.6) is 0 Å². The van der Waals surface area contributed by atoms with Crippen LogP contribution in [-0.4, -0.2) is 23.8 Å². The van der Waals surface area contributed by atoms with Gasteiger partial charge in [0.15, 0.2) is 0 Å². The number of hydrogen-bond donors (Lipinski definition) is 4. The summed E-state index contributed by atoms with van der Waals surface area (Å²) in [5.41, 5.74) is 16.4. The number of rotatable bonds is 6. The highest BCUT2D eigenvalue weighted by atomic mass is 16.2. The van der Waals surface area contributed by atoms with Crippen LogP contribution in [0, 0.1) is 0 Å². The molecular weight excluding hydrogens is 248 g/mol. The summed E-state index contributed by atoms with van der Waals surface area (Å²) in [6, 6.07) is 5.34. The molecule has 0 radical (unpaired) electrons. The van der Waals surface area contributed by atoms with Crippen LogP contribution in [0.4, 0.5) is 5.69 Å². The number of carbonyl (C=O) groups excluding carboxylic acids is 3. The molecule has 0 aromatic heterocycles. The van der Waals surface area contributed by atoms with E-state index in [1.807, 2.05) is 0 Å². The summed E-state index contributed by atoms with van der Waals surface area (Å²) in [4.78, 5) is 33.7. The van der Waals surface area contributed by atoms with E-state index in [1.54, 1.807) is 18.2 Å². The minimum absolute atomic E-state index is 0.0369. The molecule has 1 aromatic rings. The van der Waals surface area contributed by atoms with Crippen LogP contribution in [0.25, 0.3) is 0 Å². The van der Waals surface area contributed by atoms with Crippen molar-refractivity contribution in [2.45, 2.75) is 18.9 Å². The molecule has 19 heavy (non-hydrogen) atoms. The highest BCUT2D eigenvalue weighted by molar-refractivity contribution is 5.98. The quantitative estimate of drug-likeness (QED) is 0.495. The third kappa shape index (κ3) is 4.66. The first kappa shape index (κ1) is 14.5. The maximum absolute atomic E-state index is 11.9. The molecule has 1 aromatic carbocycles. The monoisotopic (exact) mass is 264 g/mol. The van der Waals surface area contributed by atoms with Gasteiger partial charge < -0.3 is 22.5 Å². The van der Waals surface area contributed by atoms with Gasteiger partial charge in [0, 0.05) is 17.7 Å². The Morgan fingerprint density at radius 2 is 1.89 bits per heavy atom. The van der Waals surface area contributed by atoms with E-state index in [4.69, 9.17) is 17.2 Å². The zero-order chi connectivity index (χ0) is 14.4. The van der Waals surface area contributed by atoms with Crippen LogP contribution in [0.3, 0.4) is 0 Å². The van der Waals surface area contributed by atoms with Gasteiger partial charge in [-0.15, -0.1) is 0 Å². The molecule has 0 aliphatic heterocycles. The number of carbonyl (C=O) groups is 3. The van der Waals surface area contributed by atoms with E-state index in [9.17, 15) is 14.4 Å². The number of benzene rings is 1. The molecule has 0 bridgehead atoms. The van der Waals surface area contributed by atoms with Crippen LogP contribution in [0.1, 0.15) is 23.2 Å². The van der Waals surface area contributed by atoms with Crippen LogP contribution < -0.4 is 22.5 Å². The Balaban J connectivity index is 2.71. The first-order valence-electron chi connectivity index (χ1n) is 5.64. The van der Waals surface area contributed by atoms with E-state index >= 15 is 0 Å². The number of anilines is 1. The SMILES string of the molecule is NC(=O)CCC(NC(=O)c1cccc(N)c1)C(N)=O. The first-order chi connectivity index (χ1) is 8.90. The van der Waals surface area contributed by atoms with Crippen molar-refractivity contribution in [2.24, 2.45) is 11.5 Å². The Bertz CT molecular complexity index is 502. The average molecular weight is 264 g/mol. The van der Waals surface area contributed by atoms with Gasteiger partial charge in [-0.1, -0.05) is 6.07 Å². The van der Waals surface area contributed by atoms with E-state index in [-0.39, 0.29) is 12.8 Å². The van der Waals surface area contributed by atoms with Gasteiger partial charge in [0.2, 0.25) is 11.8 Å². The molecule has 7 N–H and O–H groups in total. The fraction of sp³-hybridized carbons (Fsp3) is 0.250. The van der Waals surface area contributed by atoms with Crippen molar-refractivity contribution in [1.29, 1.82) is 0 Å². The highest BCUT2D eigenvalue weighted by Gasteiger charge is 2.19. The normalized spacial score (nSPS) is 11.6. The summed E-state index contributed by atoms with van der Waals surface area (Å²) in [7, 11) is 0. The summed E-state index contributed by atoms with van der Waals surface area (Å²) < 4.78 is 0. The Morgan fingerprint density at radius 1 is 1.21 bits per heavy atom. The summed E-state index contributed by atoms with van der Waals surface area (Å²) in [5.74, 6) is -1.77. The summed E-state index contributed by atoms with van der Waals surface area (Å²) in [6.45, 7) is 0. The molecule has 0 saturated carbocycles. The Labute approximate surface area is 110 Å². The van der Waals surface area contributed by atoms with E-state index in [0.717, 1.165) is 0 Å². The number of nitrogens with two attached hydrogens (primary N) is 3. The molecule has 0 aliphatic rings. The molecule has 1 unspecified atom stereocenters. The Morgan fingerprint density at radius 3 is 2.42 bits per heavy atom. The number of hydrogen-bond acceptors (Lipinski definition) is 4. The van der Waals surface area contributed by atoms with E-state index in [1.165, 1.54) is 6.07 Å². The zero-order valence-electron chi connectivity index (χ0n) is 10.3. The van der Waals surface area contributed by atoms with Gasteiger partial charge in [-0.2, -0.15) is 0 Å². The van der Waals surface area contributed by atoms with Gasteiger partial charge in [-0.3, -0.25) is 14.4 Å². The lowest BCUT2D eigenvalue weighted by Gasteiger charge is -2.14. The predicted octanol–water partition coefficient (Wildman–Crippen LogP) is -0.882. The fourth-order valence-corrected chi connectivity index (χ4v) is 1.49. The smallest absolute Gasteiger partial charge is 0.252 e. The molecule has 0 fully saturated rings. The van der Waals surface area contributed by atoms with Crippen LogP contribution in [0.2, 0.25) is 0 Å². The van der Waals surface area contributed by atoms with Gasteiger partial charge in [0.05, 0.1) is 0 Å². The molecule has 1 rings (SSSR count). The third-order valence-corrected chi connectivity index (χ3v) is 2.48. The van der Waals surface area contributed by atoms with E-state index < -0.39 is 23.8 Å². The third-order valence-electron chi connectivity index (χ3n) is 2.48. The maximum Gasteiger partial charge on any atom is 0.252 e. The van der Waals surface area contributed by atoms with Crippen LogP contribution in [0.15, 0.2) is 24.3 Å². The molecule has 0 heterocycles. The zero-order valence-corrected chi connectivity index (χ0v) is 10.3. The second kappa shape index (κ2) is 6.39. The standard InChI is InChI=1S/C12H16N4O3/c13-8-3-1-2-7(6-8)12(19)16-9(11(15)18)4-5-10(14)17/h1-3,6,9H,4-5,13H2,(H2,14,17)(H2,15,18)(H,16,19). The predicted molar refractivity (Wildman–Crippen MR) is 69.7 cm³/mol. The van der Waals surface area contributed by atoms with Crippen molar-refractivity contribution in [1.82, 2.24) is 5.32 Å². The lowest BCUT2D eigenvalue weighted by atomic mass is 10.1.